The molecule has 1 unspecified atom stereocenters. The highest BCUT2D eigenvalue weighted by molar-refractivity contribution is 7.84. The minimum atomic E-state index is -1.27. The van der Waals surface area contributed by atoms with Crippen LogP contribution in [-0.4, -0.2) is 21.9 Å². The zero-order valence-corrected chi connectivity index (χ0v) is 14.9. The molecule has 1 saturated carbocycles. The van der Waals surface area contributed by atoms with E-state index in [4.69, 9.17) is 23.2 Å². The van der Waals surface area contributed by atoms with Gasteiger partial charge in [-0.15, -0.1) is 0 Å². The van der Waals surface area contributed by atoms with Crippen LogP contribution in [0.25, 0.3) is 0 Å². The second-order valence-corrected chi connectivity index (χ2v) is 8.29. The van der Waals surface area contributed by atoms with Gasteiger partial charge in [-0.3, -0.25) is 9.00 Å². The van der Waals surface area contributed by atoms with E-state index in [1.165, 1.54) is 0 Å². The highest BCUT2D eigenvalue weighted by Crippen LogP contribution is 2.24. The van der Waals surface area contributed by atoms with Crippen LogP contribution in [0.2, 0.25) is 10.0 Å². The molecule has 122 valence electrons. The summed E-state index contributed by atoms with van der Waals surface area (Å²) in [4.78, 5) is 12.0. The molecule has 0 aromatic heterocycles. The predicted molar refractivity (Wildman–Crippen MR) is 92.7 cm³/mol. The molecule has 1 aliphatic rings. The average Bonchev–Trinajstić information content (AvgIpc) is 2.44. The Morgan fingerprint density at radius 1 is 1.27 bits per heavy atom. The highest BCUT2D eigenvalue weighted by Gasteiger charge is 2.20. The molecular formula is C16H21Cl2NO2S. The molecule has 1 fully saturated rings. The maximum absolute atomic E-state index is 12.1. The smallest absolute Gasteiger partial charge is 0.232 e. The van der Waals surface area contributed by atoms with Crippen LogP contribution in [0.1, 0.15) is 38.2 Å². The van der Waals surface area contributed by atoms with Gasteiger partial charge >= 0.3 is 0 Å². The molecule has 1 amide bonds. The second kappa shape index (κ2) is 8.32. The van der Waals surface area contributed by atoms with E-state index in [9.17, 15) is 9.00 Å². The molecule has 0 heterocycles. The molecule has 1 N–H and O–H groups in total. The van der Waals surface area contributed by atoms with Crippen LogP contribution in [-0.2, 0) is 21.3 Å². The first-order valence-corrected chi connectivity index (χ1v) is 9.76. The Hall–Kier alpha value is -0.580. The number of nitrogens with one attached hydrogen (secondary N) is 1. The highest BCUT2D eigenvalue weighted by atomic mass is 35.5. The minimum absolute atomic E-state index is 0.0189. The van der Waals surface area contributed by atoms with E-state index in [1.54, 1.807) is 18.2 Å². The van der Waals surface area contributed by atoms with Crippen LogP contribution in [0.5, 0.6) is 0 Å². The standard InChI is InChI=1S/C16H21Cl2NO2S/c1-11-2-6-14(7-3-11)19-16(20)10-22(21)9-12-4-5-13(17)8-15(12)18/h4-5,8,11,14H,2-3,6-7,9-10H2,1H3,(H,19,20). The third kappa shape index (κ3) is 5.56. The lowest BCUT2D eigenvalue weighted by molar-refractivity contribution is -0.119. The van der Waals surface area contributed by atoms with Gasteiger partial charge in [-0.25, -0.2) is 0 Å². The molecule has 0 aliphatic heterocycles. The Labute approximate surface area is 144 Å². The number of amides is 1. The molecule has 1 aliphatic carbocycles. The first kappa shape index (κ1) is 17.8. The molecular weight excluding hydrogens is 341 g/mol. The summed E-state index contributed by atoms with van der Waals surface area (Å²) in [5, 5.41) is 4.03. The van der Waals surface area contributed by atoms with Gasteiger partial charge in [-0.2, -0.15) is 0 Å². The van der Waals surface area contributed by atoms with E-state index in [0.717, 1.165) is 37.2 Å². The number of rotatable bonds is 5. The molecule has 1 aromatic carbocycles. The number of hydrogen-bond acceptors (Lipinski definition) is 2. The van der Waals surface area contributed by atoms with Crippen molar-refractivity contribution < 1.29 is 9.00 Å². The fraction of sp³-hybridized carbons (Fsp3) is 0.562. The van der Waals surface area contributed by atoms with E-state index < -0.39 is 10.8 Å². The van der Waals surface area contributed by atoms with Crippen LogP contribution >= 0.6 is 23.2 Å². The molecule has 0 radical (unpaired) electrons. The van der Waals surface area contributed by atoms with Crippen molar-refractivity contribution in [1.29, 1.82) is 0 Å². The Bertz CT molecular complexity index is 557. The van der Waals surface area contributed by atoms with E-state index >= 15 is 0 Å². The largest absolute Gasteiger partial charge is 0.353 e. The monoisotopic (exact) mass is 361 g/mol. The van der Waals surface area contributed by atoms with E-state index in [2.05, 4.69) is 12.2 Å². The van der Waals surface area contributed by atoms with Crippen LogP contribution < -0.4 is 5.32 Å². The van der Waals surface area contributed by atoms with Crippen molar-refractivity contribution in [3.8, 4) is 0 Å². The molecule has 0 bridgehead atoms. The number of benzene rings is 1. The van der Waals surface area contributed by atoms with E-state index in [-0.39, 0.29) is 23.5 Å². The van der Waals surface area contributed by atoms with Gasteiger partial charge in [-0.05, 0) is 49.3 Å². The first-order valence-electron chi connectivity index (χ1n) is 7.52. The molecule has 6 heteroatoms. The van der Waals surface area contributed by atoms with E-state index in [0.29, 0.717) is 10.0 Å². The average molecular weight is 362 g/mol. The molecule has 0 saturated heterocycles. The van der Waals surface area contributed by atoms with Gasteiger partial charge in [0.25, 0.3) is 0 Å². The summed E-state index contributed by atoms with van der Waals surface area (Å²) < 4.78 is 12.1. The summed E-state index contributed by atoms with van der Waals surface area (Å²) in [6.45, 7) is 2.24. The fourth-order valence-electron chi connectivity index (χ4n) is 2.68. The predicted octanol–water partition coefficient (Wildman–Crippen LogP) is 3.94. The third-order valence-electron chi connectivity index (χ3n) is 4.00. The second-order valence-electron chi connectivity index (χ2n) is 5.99. The van der Waals surface area contributed by atoms with Crippen molar-refractivity contribution in [2.45, 2.75) is 44.4 Å². The normalized spacial score (nSPS) is 23.0. The lowest BCUT2D eigenvalue weighted by atomic mass is 9.87. The van der Waals surface area contributed by atoms with Crippen molar-refractivity contribution >= 4 is 39.9 Å². The van der Waals surface area contributed by atoms with Gasteiger partial charge in [-0.1, -0.05) is 36.2 Å². The van der Waals surface area contributed by atoms with Crippen LogP contribution in [0.4, 0.5) is 0 Å². The maximum atomic E-state index is 12.1. The van der Waals surface area contributed by atoms with Gasteiger partial charge in [0.2, 0.25) is 5.91 Å². The van der Waals surface area contributed by atoms with Crippen molar-refractivity contribution in [2.24, 2.45) is 5.92 Å². The topological polar surface area (TPSA) is 46.2 Å². The molecule has 22 heavy (non-hydrogen) atoms. The maximum Gasteiger partial charge on any atom is 0.232 e. The Morgan fingerprint density at radius 3 is 2.59 bits per heavy atom. The van der Waals surface area contributed by atoms with Crippen molar-refractivity contribution in [2.75, 3.05) is 5.75 Å². The van der Waals surface area contributed by atoms with Crippen molar-refractivity contribution in [1.82, 2.24) is 5.32 Å². The lowest BCUT2D eigenvalue weighted by Crippen LogP contribution is -2.39. The number of hydrogen-bond donors (Lipinski definition) is 1. The van der Waals surface area contributed by atoms with Gasteiger partial charge in [0.05, 0.1) is 5.75 Å². The summed E-state index contributed by atoms with van der Waals surface area (Å²) in [5.41, 5.74) is 0.753. The van der Waals surface area contributed by atoms with Crippen LogP contribution in [0.15, 0.2) is 18.2 Å². The first-order chi connectivity index (χ1) is 10.4. The summed E-state index contributed by atoms with van der Waals surface area (Å²) in [7, 11) is -1.27. The Balaban J connectivity index is 1.80. The lowest BCUT2D eigenvalue weighted by Gasteiger charge is -2.26. The van der Waals surface area contributed by atoms with Gasteiger partial charge < -0.3 is 5.32 Å². The zero-order chi connectivity index (χ0) is 16.1. The summed E-state index contributed by atoms with van der Waals surface area (Å²) in [5.74, 6) is 0.896. The zero-order valence-electron chi connectivity index (χ0n) is 12.6. The van der Waals surface area contributed by atoms with Crippen LogP contribution in [0, 0.1) is 5.92 Å². The quantitative estimate of drug-likeness (QED) is 0.863. The van der Waals surface area contributed by atoms with E-state index in [1.807, 2.05) is 0 Å². The summed E-state index contributed by atoms with van der Waals surface area (Å²) in [6, 6.07) is 5.32. The van der Waals surface area contributed by atoms with Gasteiger partial charge in [0, 0.05) is 26.9 Å². The van der Waals surface area contributed by atoms with Gasteiger partial charge in [0.15, 0.2) is 0 Å². The Kier molecular flexibility index (Phi) is 6.72. The number of carbonyl (C=O) groups is 1. The molecule has 0 spiro atoms. The number of halogens is 2. The summed E-state index contributed by atoms with van der Waals surface area (Å²) in [6.07, 6.45) is 4.33. The number of carbonyl (C=O) groups excluding carboxylic acids is 1. The van der Waals surface area contributed by atoms with Gasteiger partial charge in [0.1, 0.15) is 5.75 Å². The van der Waals surface area contributed by atoms with Crippen LogP contribution in [0.3, 0.4) is 0 Å². The molecule has 1 atom stereocenters. The third-order valence-corrected chi connectivity index (χ3v) is 5.81. The Morgan fingerprint density at radius 2 is 1.95 bits per heavy atom. The van der Waals surface area contributed by atoms with Crippen molar-refractivity contribution in [3.05, 3.63) is 33.8 Å². The SMILES string of the molecule is CC1CCC(NC(=O)CS(=O)Cc2ccc(Cl)cc2Cl)CC1. The summed E-state index contributed by atoms with van der Waals surface area (Å²) >= 11 is 11.9. The minimum Gasteiger partial charge on any atom is -0.353 e. The molecule has 3 nitrogen and oxygen atoms in total. The van der Waals surface area contributed by atoms with Crippen molar-refractivity contribution in [3.63, 3.8) is 0 Å². The molecule has 2 rings (SSSR count). The fourth-order valence-corrected chi connectivity index (χ4v) is 4.31. The molecule has 1 aromatic rings.